The van der Waals surface area contributed by atoms with Crippen molar-refractivity contribution in [2.45, 2.75) is 43.9 Å². The van der Waals surface area contributed by atoms with E-state index in [0.717, 1.165) is 37.9 Å². The molecule has 2 saturated heterocycles. The van der Waals surface area contributed by atoms with Crippen LogP contribution in [0.15, 0.2) is 54.6 Å². The molecule has 4 rings (SSSR count). The number of hydrazine groups is 1. The first-order valence-electron chi connectivity index (χ1n) is 10.0. The van der Waals surface area contributed by atoms with Gasteiger partial charge in [-0.3, -0.25) is 9.69 Å². The van der Waals surface area contributed by atoms with Gasteiger partial charge in [0.2, 0.25) is 5.91 Å². The van der Waals surface area contributed by atoms with E-state index in [1.807, 2.05) is 30.3 Å². The van der Waals surface area contributed by atoms with Crippen molar-refractivity contribution in [3.63, 3.8) is 0 Å². The summed E-state index contributed by atoms with van der Waals surface area (Å²) in [6.07, 6.45) is 3.68. The number of hydrogen-bond acceptors (Lipinski definition) is 4. The number of nitrogens with zero attached hydrogens (tertiary/aromatic N) is 1. The van der Waals surface area contributed by atoms with Crippen LogP contribution in [-0.4, -0.2) is 36.1 Å². The third kappa shape index (κ3) is 4.73. The fraction of sp³-hybridized carbons (Fsp3) is 0.409. The molecule has 2 fully saturated rings. The molecule has 0 aromatic heterocycles. The fourth-order valence-corrected chi connectivity index (χ4v) is 4.33. The molecule has 0 spiro atoms. The lowest BCUT2D eigenvalue weighted by Gasteiger charge is -2.35. The molecule has 5 nitrogen and oxygen atoms in total. The predicted octanol–water partition coefficient (Wildman–Crippen LogP) is 3.03. The molecular formula is C22H27ClN4O. The Hall–Kier alpha value is -1.92. The highest BCUT2D eigenvalue weighted by atomic mass is 35.5. The molecule has 0 aliphatic carbocycles. The second-order valence-electron chi connectivity index (χ2n) is 7.65. The Morgan fingerprint density at radius 1 is 1.04 bits per heavy atom. The summed E-state index contributed by atoms with van der Waals surface area (Å²) in [4.78, 5) is 14.8. The number of benzene rings is 2. The summed E-state index contributed by atoms with van der Waals surface area (Å²) in [5.41, 5.74) is 9.07. The molecule has 0 radical (unpaired) electrons. The molecule has 0 bridgehead atoms. The maximum absolute atomic E-state index is 12.4. The van der Waals surface area contributed by atoms with E-state index in [4.69, 9.17) is 11.6 Å². The van der Waals surface area contributed by atoms with E-state index in [1.54, 1.807) is 0 Å². The zero-order chi connectivity index (χ0) is 19.3. The Balaban J connectivity index is 1.23. The Kier molecular flexibility index (Phi) is 6.27. The van der Waals surface area contributed by atoms with E-state index in [2.05, 4.69) is 45.3 Å². The van der Waals surface area contributed by atoms with Gasteiger partial charge >= 0.3 is 0 Å². The lowest BCUT2D eigenvalue weighted by atomic mass is 10.0. The third-order valence-corrected chi connectivity index (χ3v) is 6.10. The van der Waals surface area contributed by atoms with Gasteiger partial charge in [0.05, 0.1) is 12.6 Å². The second-order valence-corrected chi connectivity index (χ2v) is 8.06. The van der Waals surface area contributed by atoms with Crippen LogP contribution in [0.2, 0.25) is 5.02 Å². The molecular weight excluding hydrogens is 372 g/mol. The number of amides is 1. The molecule has 148 valence electrons. The molecule has 0 saturated carbocycles. The van der Waals surface area contributed by atoms with Crippen LogP contribution in [0, 0.1) is 0 Å². The number of carbonyl (C=O) groups excluding carboxylic acids is 1. The van der Waals surface area contributed by atoms with E-state index < -0.39 is 0 Å². The molecule has 2 aromatic carbocycles. The lowest BCUT2D eigenvalue weighted by Crippen LogP contribution is -2.51. The van der Waals surface area contributed by atoms with Crippen LogP contribution < -0.4 is 16.2 Å². The minimum Gasteiger partial charge on any atom is -0.353 e. The average molecular weight is 399 g/mol. The maximum atomic E-state index is 12.4. The second kappa shape index (κ2) is 9.05. The monoisotopic (exact) mass is 398 g/mol. The summed E-state index contributed by atoms with van der Waals surface area (Å²) in [5.74, 6) is 0.0522. The molecule has 2 aliphatic heterocycles. The minimum absolute atomic E-state index is 0.0522. The van der Waals surface area contributed by atoms with Crippen molar-refractivity contribution in [2.24, 2.45) is 0 Å². The van der Waals surface area contributed by atoms with Crippen molar-refractivity contribution in [2.75, 3.05) is 13.1 Å². The van der Waals surface area contributed by atoms with Crippen molar-refractivity contribution in [1.29, 1.82) is 0 Å². The summed E-state index contributed by atoms with van der Waals surface area (Å²) < 4.78 is 0. The van der Waals surface area contributed by atoms with Gasteiger partial charge in [-0.1, -0.05) is 60.1 Å². The normalized spacial score (nSPS) is 23.6. The summed E-state index contributed by atoms with van der Waals surface area (Å²) >= 11 is 6.16. The summed E-state index contributed by atoms with van der Waals surface area (Å²) in [5, 5.41) is 3.83. The van der Waals surface area contributed by atoms with Crippen molar-refractivity contribution in [3.05, 3.63) is 70.7 Å². The lowest BCUT2D eigenvalue weighted by molar-refractivity contribution is -0.121. The van der Waals surface area contributed by atoms with E-state index >= 15 is 0 Å². The SMILES string of the molecule is O=C(Cc1ccccc1Cl)NC1CCN(C2CC(c3ccccc3)NN2)CC1. The van der Waals surface area contributed by atoms with E-state index in [-0.39, 0.29) is 11.9 Å². The fourth-order valence-electron chi connectivity index (χ4n) is 4.13. The third-order valence-electron chi connectivity index (χ3n) is 5.73. The quantitative estimate of drug-likeness (QED) is 0.724. The van der Waals surface area contributed by atoms with Crippen molar-refractivity contribution < 1.29 is 4.79 Å². The molecule has 1 amide bonds. The highest BCUT2D eigenvalue weighted by molar-refractivity contribution is 6.31. The van der Waals surface area contributed by atoms with Crippen molar-refractivity contribution >= 4 is 17.5 Å². The molecule has 2 aliphatic rings. The molecule has 2 aromatic rings. The van der Waals surface area contributed by atoms with Crippen LogP contribution in [0.3, 0.4) is 0 Å². The van der Waals surface area contributed by atoms with E-state index in [0.29, 0.717) is 23.7 Å². The van der Waals surface area contributed by atoms with E-state index in [1.165, 1.54) is 5.56 Å². The smallest absolute Gasteiger partial charge is 0.224 e. The van der Waals surface area contributed by atoms with Gasteiger partial charge < -0.3 is 5.32 Å². The number of halogens is 1. The zero-order valence-corrected chi connectivity index (χ0v) is 16.7. The van der Waals surface area contributed by atoms with Crippen molar-refractivity contribution in [3.8, 4) is 0 Å². The van der Waals surface area contributed by atoms with E-state index in [9.17, 15) is 4.79 Å². The number of rotatable bonds is 5. The molecule has 28 heavy (non-hydrogen) atoms. The van der Waals surface area contributed by atoms with Gasteiger partial charge in [-0.2, -0.15) is 0 Å². The van der Waals surface area contributed by atoms with Gasteiger partial charge in [0, 0.05) is 30.2 Å². The first-order valence-corrected chi connectivity index (χ1v) is 10.4. The molecule has 2 atom stereocenters. The van der Waals surface area contributed by atoms with Gasteiger partial charge in [-0.05, 0) is 36.5 Å². The summed E-state index contributed by atoms with van der Waals surface area (Å²) in [7, 11) is 0. The zero-order valence-electron chi connectivity index (χ0n) is 15.9. The number of nitrogens with one attached hydrogen (secondary N) is 3. The largest absolute Gasteiger partial charge is 0.353 e. The van der Waals surface area contributed by atoms with Gasteiger partial charge in [-0.25, -0.2) is 10.9 Å². The van der Waals surface area contributed by atoms with Crippen LogP contribution >= 0.6 is 11.6 Å². The van der Waals surface area contributed by atoms with Crippen LogP contribution in [-0.2, 0) is 11.2 Å². The van der Waals surface area contributed by atoms with Crippen LogP contribution in [0.25, 0.3) is 0 Å². The summed E-state index contributed by atoms with van der Waals surface area (Å²) in [6, 6.07) is 18.7. The minimum atomic E-state index is 0.0522. The highest BCUT2D eigenvalue weighted by Crippen LogP contribution is 2.25. The standard InChI is InChI=1S/C22H27ClN4O/c23-19-9-5-4-8-17(19)14-22(28)24-18-10-12-27(13-11-18)21-15-20(25-26-21)16-6-2-1-3-7-16/h1-9,18,20-21,25-26H,10-15H2,(H,24,28). The van der Waals surface area contributed by atoms with Crippen LogP contribution in [0.5, 0.6) is 0 Å². The first-order chi connectivity index (χ1) is 13.7. The predicted molar refractivity (Wildman–Crippen MR) is 112 cm³/mol. The molecule has 6 heteroatoms. The Morgan fingerprint density at radius 2 is 1.75 bits per heavy atom. The number of hydrogen-bond donors (Lipinski definition) is 3. The highest BCUT2D eigenvalue weighted by Gasteiger charge is 2.32. The molecule has 3 N–H and O–H groups in total. The van der Waals surface area contributed by atoms with Crippen LogP contribution in [0.1, 0.15) is 36.4 Å². The molecule has 2 heterocycles. The number of piperidine rings is 1. The van der Waals surface area contributed by atoms with Crippen molar-refractivity contribution in [1.82, 2.24) is 21.1 Å². The first kappa shape index (κ1) is 19.4. The molecule has 2 unspecified atom stereocenters. The summed E-state index contributed by atoms with van der Waals surface area (Å²) in [6.45, 7) is 1.97. The van der Waals surface area contributed by atoms with Gasteiger partial charge in [0.15, 0.2) is 0 Å². The maximum Gasteiger partial charge on any atom is 0.224 e. The topological polar surface area (TPSA) is 56.4 Å². The Morgan fingerprint density at radius 3 is 2.50 bits per heavy atom. The Bertz CT molecular complexity index is 792. The Labute approximate surface area is 171 Å². The van der Waals surface area contributed by atoms with Crippen LogP contribution in [0.4, 0.5) is 0 Å². The average Bonchev–Trinajstić information content (AvgIpc) is 3.21. The van der Waals surface area contributed by atoms with Gasteiger partial charge in [0.1, 0.15) is 0 Å². The number of likely N-dealkylation sites (tertiary alicyclic amines) is 1. The number of carbonyl (C=O) groups is 1. The van der Waals surface area contributed by atoms with Gasteiger partial charge in [0.25, 0.3) is 0 Å². The van der Waals surface area contributed by atoms with Gasteiger partial charge in [-0.15, -0.1) is 0 Å².